The topological polar surface area (TPSA) is 109 Å². The second-order valence-electron chi connectivity index (χ2n) is 8.27. The number of nitrogens with one attached hydrogen (secondary N) is 1. The molecule has 2 N–H and O–H groups in total. The van der Waals surface area contributed by atoms with E-state index >= 15 is 0 Å². The van der Waals surface area contributed by atoms with Gasteiger partial charge in [-0.3, -0.25) is 15.4 Å². The highest BCUT2D eigenvalue weighted by Crippen LogP contribution is 2.31. The minimum absolute atomic E-state index is 0.0241. The zero-order valence-electron chi connectivity index (χ0n) is 18.3. The SMILES string of the molecule is Cc1ccc(CC2Nc3c(-c4ccc([N+](=O)[O-])cc4)nc(-c4ccc(O)cc4)c[n+]3C2=O)cc1. The number of anilines is 1. The quantitative estimate of drug-likeness (QED) is 0.265. The van der Waals surface area contributed by atoms with Gasteiger partial charge in [0.1, 0.15) is 17.6 Å². The molecule has 8 nitrogen and oxygen atoms in total. The number of nitro benzene ring substituents is 1. The molecule has 1 aromatic heterocycles. The molecule has 2 heterocycles. The first-order valence-corrected chi connectivity index (χ1v) is 10.8. The Hall–Kier alpha value is -4.59. The van der Waals surface area contributed by atoms with Crippen molar-refractivity contribution in [3.8, 4) is 28.3 Å². The Balaban J connectivity index is 1.59. The molecular weight excluding hydrogens is 432 g/mol. The Labute approximate surface area is 195 Å². The van der Waals surface area contributed by atoms with Crippen LogP contribution in [0, 0.1) is 17.0 Å². The minimum Gasteiger partial charge on any atom is -0.508 e. The van der Waals surface area contributed by atoms with E-state index in [9.17, 15) is 20.0 Å². The number of benzene rings is 3. The molecule has 0 aliphatic carbocycles. The van der Waals surface area contributed by atoms with Gasteiger partial charge in [-0.1, -0.05) is 29.8 Å². The third-order valence-electron chi connectivity index (χ3n) is 5.87. The lowest BCUT2D eigenvalue weighted by Gasteiger charge is -2.07. The first kappa shape index (κ1) is 21.3. The number of phenolic OH excluding ortho intramolecular Hbond substituents is 1. The van der Waals surface area contributed by atoms with Crippen molar-refractivity contribution in [2.45, 2.75) is 19.4 Å². The first-order chi connectivity index (χ1) is 16.4. The van der Waals surface area contributed by atoms with Gasteiger partial charge in [-0.15, -0.1) is 0 Å². The summed E-state index contributed by atoms with van der Waals surface area (Å²) in [6.45, 7) is 2.02. The van der Waals surface area contributed by atoms with Crippen molar-refractivity contribution in [3.05, 3.63) is 100 Å². The Morgan fingerprint density at radius 1 is 1.00 bits per heavy atom. The fourth-order valence-corrected chi connectivity index (χ4v) is 4.02. The van der Waals surface area contributed by atoms with Crippen molar-refractivity contribution in [2.24, 2.45) is 0 Å². The van der Waals surface area contributed by atoms with Crippen molar-refractivity contribution >= 4 is 17.4 Å². The second kappa shape index (κ2) is 8.40. The van der Waals surface area contributed by atoms with Crippen molar-refractivity contribution in [2.75, 3.05) is 5.32 Å². The number of phenols is 1. The highest BCUT2D eigenvalue weighted by molar-refractivity contribution is 5.87. The lowest BCUT2D eigenvalue weighted by Crippen LogP contribution is -2.43. The van der Waals surface area contributed by atoms with Gasteiger partial charge in [-0.2, -0.15) is 4.57 Å². The van der Waals surface area contributed by atoms with Crippen LogP contribution in [0.25, 0.3) is 22.5 Å². The van der Waals surface area contributed by atoms with E-state index in [1.807, 2.05) is 31.2 Å². The predicted octanol–water partition coefficient (Wildman–Crippen LogP) is 4.30. The fraction of sp³-hybridized carbons (Fsp3) is 0.115. The average Bonchev–Trinajstić information content (AvgIpc) is 3.15. The smallest absolute Gasteiger partial charge is 0.359 e. The molecule has 0 radical (unpaired) electrons. The largest absolute Gasteiger partial charge is 0.508 e. The van der Waals surface area contributed by atoms with E-state index in [2.05, 4.69) is 5.32 Å². The number of aromatic hydroxyl groups is 1. The third kappa shape index (κ3) is 3.97. The van der Waals surface area contributed by atoms with E-state index in [4.69, 9.17) is 4.98 Å². The van der Waals surface area contributed by atoms with E-state index in [1.165, 1.54) is 12.1 Å². The van der Waals surface area contributed by atoms with Crippen LogP contribution in [0.4, 0.5) is 11.5 Å². The molecule has 1 unspecified atom stereocenters. The number of carbonyl (C=O) groups excluding carboxylic acids is 1. The summed E-state index contributed by atoms with van der Waals surface area (Å²) in [7, 11) is 0. The molecule has 1 atom stereocenters. The van der Waals surface area contributed by atoms with E-state index in [-0.39, 0.29) is 17.3 Å². The zero-order valence-corrected chi connectivity index (χ0v) is 18.3. The lowest BCUT2D eigenvalue weighted by atomic mass is 10.0. The van der Waals surface area contributed by atoms with Crippen LogP contribution >= 0.6 is 0 Å². The van der Waals surface area contributed by atoms with Crippen molar-refractivity contribution < 1.29 is 19.4 Å². The van der Waals surface area contributed by atoms with Gasteiger partial charge >= 0.3 is 11.7 Å². The lowest BCUT2D eigenvalue weighted by molar-refractivity contribution is -0.551. The molecule has 0 amide bonds. The number of carbonyl (C=O) groups is 1. The summed E-state index contributed by atoms with van der Waals surface area (Å²) in [6.07, 6.45) is 2.19. The molecule has 5 rings (SSSR count). The van der Waals surface area contributed by atoms with Crippen LogP contribution in [0.15, 0.2) is 79.0 Å². The zero-order chi connectivity index (χ0) is 23.8. The molecule has 0 bridgehead atoms. The second-order valence-corrected chi connectivity index (χ2v) is 8.27. The number of non-ortho nitro benzene ring substituents is 1. The highest BCUT2D eigenvalue weighted by Gasteiger charge is 2.41. The van der Waals surface area contributed by atoms with Gasteiger partial charge in [0.05, 0.1) is 4.92 Å². The maximum Gasteiger partial charge on any atom is 0.359 e. The monoisotopic (exact) mass is 453 g/mol. The number of nitrogens with zero attached hydrogens (tertiary/aromatic N) is 3. The molecule has 1 aliphatic heterocycles. The molecule has 0 fully saturated rings. The van der Waals surface area contributed by atoms with Gasteiger partial charge in [0.25, 0.3) is 5.69 Å². The predicted molar refractivity (Wildman–Crippen MR) is 127 cm³/mol. The Bertz CT molecular complexity index is 1400. The van der Waals surface area contributed by atoms with E-state index < -0.39 is 11.0 Å². The molecule has 0 saturated carbocycles. The van der Waals surface area contributed by atoms with Crippen molar-refractivity contribution in [1.82, 2.24) is 4.98 Å². The van der Waals surface area contributed by atoms with Crippen LogP contribution in [0.3, 0.4) is 0 Å². The summed E-state index contributed by atoms with van der Waals surface area (Å²) in [5.41, 5.74) is 4.59. The van der Waals surface area contributed by atoms with Crippen LogP contribution < -0.4 is 9.88 Å². The molecule has 8 heteroatoms. The van der Waals surface area contributed by atoms with Gasteiger partial charge in [0.2, 0.25) is 0 Å². The van der Waals surface area contributed by atoms with Crippen molar-refractivity contribution in [3.63, 3.8) is 0 Å². The molecule has 0 saturated heterocycles. The number of nitro groups is 1. The molecule has 3 aromatic carbocycles. The summed E-state index contributed by atoms with van der Waals surface area (Å²) < 4.78 is 1.56. The van der Waals surface area contributed by atoms with Crippen LogP contribution in [0.5, 0.6) is 5.75 Å². The van der Waals surface area contributed by atoms with E-state index in [1.54, 1.807) is 47.2 Å². The van der Waals surface area contributed by atoms with Gasteiger partial charge in [-0.05, 0) is 48.9 Å². The minimum atomic E-state index is -0.476. The van der Waals surface area contributed by atoms with Gasteiger partial charge in [-0.25, -0.2) is 9.78 Å². The summed E-state index contributed by atoms with van der Waals surface area (Å²) in [4.78, 5) is 28.8. The summed E-state index contributed by atoms with van der Waals surface area (Å²) in [6, 6.07) is 20.2. The first-order valence-electron chi connectivity index (χ1n) is 10.8. The fourth-order valence-electron chi connectivity index (χ4n) is 4.02. The highest BCUT2D eigenvalue weighted by atomic mass is 16.6. The number of aromatic nitrogens is 2. The molecule has 34 heavy (non-hydrogen) atoms. The summed E-state index contributed by atoms with van der Waals surface area (Å²) in [5.74, 6) is 0.559. The Morgan fingerprint density at radius 3 is 2.29 bits per heavy atom. The van der Waals surface area contributed by atoms with Gasteiger partial charge < -0.3 is 5.11 Å². The molecule has 4 aromatic rings. The number of hydrogen-bond donors (Lipinski definition) is 2. The standard InChI is InChI=1S/C26H20N4O4/c1-16-2-4-17(5-3-16)14-22-26(32)29-15-23(18-8-12-21(31)13-9-18)27-24(25(29)28-22)19-6-10-20(11-7-19)30(33)34/h2-13,15,22,31H,14H2,1H3/p+1. The van der Waals surface area contributed by atoms with Crippen LogP contribution in [-0.2, 0) is 6.42 Å². The van der Waals surface area contributed by atoms with E-state index in [0.29, 0.717) is 29.2 Å². The molecule has 168 valence electrons. The van der Waals surface area contributed by atoms with Crippen LogP contribution in [-0.4, -0.2) is 27.0 Å². The maximum absolute atomic E-state index is 13.4. The van der Waals surface area contributed by atoms with Crippen LogP contribution in [0.1, 0.15) is 15.9 Å². The molecule has 0 spiro atoms. The van der Waals surface area contributed by atoms with Gasteiger partial charge in [0, 0.05) is 29.7 Å². The normalized spacial score (nSPS) is 14.5. The Kier molecular flexibility index (Phi) is 5.25. The van der Waals surface area contributed by atoms with Gasteiger partial charge in [0.15, 0.2) is 11.7 Å². The average molecular weight is 453 g/mol. The Morgan fingerprint density at radius 2 is 1.65 bits per heavy atom. The number of rotatable bonds is 5. The number of aryl methyl sites for hydroxylation is 1. The third-order valence-corrected chi connectivity index (χ3v) is 5.87. The maximum atomic E-state index is 13.4. The summed E-state index contributed by atoms with van der Waals surface area (Å²) >= 11 is 0. The van der Waals surface area contributed by atoms with Crippen molar-refractivity contribution in [1.29, 1.82) is 0 Å². The number of fused-ring (bicyclic) bond motifs is 1. The molecule has 1 aliphatic rings. The summed E-state index contributed by atoms with van der Waals surface area (Å²) in [5, 5.41) is 24.1. The van der Waals surface area contributed by atoms with Crippen LogP contribution in [0.2, 0.25) is 0 Å². The molecular formula is C26H21N4O4+. The van der Waals surface area contributed by atoms with E-state index in [0.717, 1.165) is 16.7 Å². The number of hydrogen-bond acceptors (Lipinski definition) is 6.